The number of ether oxygens (including phenoxy) is 1. The highest BCUT2D eigenvalue weighted by Gasteiger charge is 2.31. The molecule has 12 heteroatoms. The summed E-state index contributed by atoms with van der Waals surface area (Å²) in [5, 5.41) is 10.0. The highest BCUT2D eigenvalue weighted by atomic mass is 19.4. The molecule has 0 bridgehead atoms. The van der Waals surface area contributed by atoms with E-state index in [0.717, 1.165) is 18.2 Å². The van der Waals surface area contributed by atoms with Crippen LogP contribution in [0.3, 0.4) is 0 Å². The number of ketones is 1. The van der Waals surface area contributed by atoms with Gasteiger partial charge in [-0.3, -0.25) is 9.59 Å². The fourth-order valence-corrected chi connectivity index (χ4v) is 2.59. The number of benzene rings is 1. The quantitative estimate of drug-likeness (QED) is 0.529. The van der Waals surface area contributed by atoms with Crippen LogP contribution in [0.15, 0.2) is 42.7 Å². The highest BCUT2D eigenvalue weighted by Crippen LogP contribution is 2.38. The lowest BCUT2D eigenvalue weighted by Crippen LogP contribution is -2.32. The van der Waals surface area contributed by atoms with E-state index in [-0.39, 0.29) is 28.8 Å². The summed E-state index contributed by atoms with van der Waals surface area (Å²) in [5.74, 6) is -1.02. The summed E-state index contributed by atoms with van der Waals surface area (Å²) in [6, 6.07) is 4.48. The molecule has 1 aromatic carbocycles. The van der Waals surface area contributed by atoms with E-state index in [4.69, 9.17) is 10.5 Å². The Morgan fingerprint density at radius 1 is 1.12 bits per heavy atom. The summed E-state index contributed by atoms with van der Waals surface area (Å²) in [4.78, 5) is 31.3. The minimum atomic E-state index is -4.58. The lowest BCUT2D eigenvalue weighted by molar-refractivity contribution is -0.137. The topological polar surface area (TPSA) is 133 Å². The maximum Gasteiger partial charge on any atom is 0.416 e. The standard InChI is InChI=1S/C20H17F3N6O3/c1-10(18(24)31)27-17-8-15(11(2)30)28-19(29-17)32-16-4-3-13(20(21,22)23)7-14(16)12-5-6-25-26-9-12/h3-10H,1-2H3,(H2,24,31)(H,27,28,29)/t10-/m0/s1. The minimum Gasteiger partial charge on any atom is -0.424 e. The van der Waals surface area contributed by atoms with E-state index in [2.05, 4.69) is 25.5 Å². The molecule has 166 valence electrons. The molecule has 3 rings (SSSR count). The lowest BCUT2D eigenvalue weighted by Gasteiger charge is -2.15. The van der Waals surface area contributed by atoms with Gasteiger partial charge in [-0.25, -0.2) is 0 Å². The van der Waals surface area contributed by atoms with Crippen LogP contribution >= 0.6 is 0 Å². The van der Waals surface area contributed by atoms with Crippen molar-refractivity contribution >= 4 is 17.5 Å². The summed E-state index contributed by atoms with van der Waals surface area (Å²) in [6.07, 6.45) is -1.99. The predicted molar refractivity (Wildman–Crippen MR) is 107 cm³/mol. The third-order valence-electron chi connectivity index (χ3n) is 4.26. The number of hydrogen-bond acceptors (Lipinski definition) is 8. The summed E-state index contributed by atoms with van der Waals surface area (Å²) < 4.78 is 45.4. The first-order valence-electron chi connectivity index (χ1n) is 9.16. The van der Waals surface area contributed by atoms with Gasteiger partial charge >= 0.3 is 12.2 Å². The van der Waals surface area contributed by atoms with Crippen molar-refractivity contribution < 1.29 is 27.5 Å². The van der Waals surface area contributed by atoms with Gasteiger partial charge in [0.05, 0.1) is 18.0 Å². The highest BCUT2D eigenvalue weighted by molar-refractivity contribution is 5.93. The molecule has 0 unspecified atom stereocenters. The summed E-state index contributed by atoms with van der Waals surface area (Å²) >= 11 is 0. The molecule has 0 radical (unpaired) electrons. The molecule has 3 aromatic rings. The van der Waals surface area contributed by atoms with Crippen molar-refractivity contribution in [1.82, 2.24) is 20.2 Å². The maximum absolute atomic E-state index is 13.2. The Morgan fingerprint density at radius 3 is 2.47 bits per heavy atom. The van der Waals surface area contributed by atoms with Crippen LogP contribution in [0.4, 0.5) is 19.0 Å². The van der Waals surface area contributed by atoms with Gasteiger partial charge in [0.1, 0.15) is 23.3 Å². The van der Waals surface area contributed by atoms with Crippen LogP contribution in [-0.2, 0) is 11.0 Å². The van der Waals surface area contributed by atoms with Gasteiger partial charge in [0.2, 0.25) is 5.91 Å². The average molecular weight is 446 g/mol. The van der Waals surface area contributed by atoms with E-state index in [1.165, 1.54) is 38.4 Å². The Balaban J connectivity index is 2.06. The number of carbonyl (C=O) groups excluding carboxylic acids is 2. The Kier molecular flexibility index (Phi) is 6.32. The molecule has 1 amide bonds. The van der Waals surface area contributed by atoms with Crippen LogP contribution in [0.1, 0.15) is 29.9 Å². The van der Waals surface area contributed by atoms with Crippen LogP contribution in [0, 0.1) is 0 Å². The first-order chi connectivity index (χ1) is 15.0. The number of aromatic nitrogens is 4. The Labute approximate surface area is 179 Å². The van der Waals surface area contributed by atoms with E-state index in [9.17, 15) is 22.8 Å². The number of rotatable bonds is 7. The Bertz CT molecular complexity index is 1160. The molecule has 0 aliphatic rings. The molecular weight excluding hydrogens is 429 g/mol. The van der Waals surface area contributed by atoms with Crippen molar-refractivity contribution in [3.05, 3.63) is 54.0 Å². The molecular formula is C20H17F3N6O3. The molecule has 2 heterocycles. The second-order valence-electron chi connectivity index (χ2n) is 6.69. The summed E-state index contributed by atoms with van der Waals surface area (Å²) in [6.45, 7) is 2.75. The van der Waals surface area contributed by atoms with Crippen LogP contribution in [0.25, 0.3) is 11.1 Å². The number of nitrogens with two attached hydrogens (primary N) is 1. The number of amides is 1. The van der Waals surface area contributed by atoms with E-state index in [0.29, 0.717) is 5.56 Å². The number of Topliss-reactive ketones (excluding diaryl/α,β-unsaturated/α-hetero) is 1. The van der Waals surface area contributed by atoms with E-state index < -0.39 is 29.5 Å². The largest absolute Gasteiger partial charge is 0.424 e. The number of primary amides is 1. The second kappa shape index (κ2) is 8.96. The van der Waals surface area contributed by atoms with Crippen LogP contribution in [0.2, 0.25) is 0 Å². The fraction of sp³-hybridized carbons (Fsp3) is 0.200. The van der Waals surface area contributed by atoms with Gasteiger partial charge < -0.3 is 15.8 Å². The maximum atomic E-state index is 13.2. The summed E-state index contributed by atoms with van der Waals surface area (Å²) in [5.41, 5.74) is 4.67. The number of hydrogen-bond donors (Lipinski definition) is 2. The van der Waals surface area contributed by atoms with Crippen molar-refractivity contribution in [2.24, 2.45) is 5.73 Å². The minimum absolute atomic E-state index is 0.0133. The first kappa shape index (κ1) is 22.6. The zero-order valence-corrected chi connectivity index (χ0v) is 16.8. The normalized spacial score (nSPS) is 12.2. The molecule has 3 N–H and O–H groups in total. The van der Waals surface area contributed by atoms with Gasteiger partial charge in [0.15, 0.2) is 5.78 Å². The van der Waals surface area contributed by atoms with Crippen LogP contribution < -0.4 is 15.8 Å². The molecule has 0 aliphatic carbocycles. The third kappa shape index (κ3) is 5.33. The average Bonchev–Trinajstić information content (AvgIpc) is 2.73. The van der Waals surface area contributed by atoms with Gasteiger partial charge in [-0.15, -0.1) is 0 Å². The Hall–Kier alpha value is -4.09. The van der Waals surface area contributed by atoms with Gasteiger partial charge in [-0.1, -0.05) is 0 Å². The van der Waals surface area contributed by atoms with Crippen molar-refractivity contribution in [3.8, 4) is 22.9 Å². The van der Waals surface area contributed by atoms with Crippen molar-refractivity contribution in [2.75, 3.05) is 5.32 Å². The lowest BCUT2D eigenvalue weighted by atomic mass is 10.0. The molecule has 0 fully saturated rings. The Morgan fingerprint density at radius 2 is 1.88 bits per heavy atom. The van der Waals surface area contributed by atoms with Crippen molar-refractivity contribution in [3.63, 3.8) is 0 Å². The smallest absolute Gasteiger partial charge is 0.416 e. The predicted octanol–water partition coefficient (Wildman–Crippen LogP) is 3.23. The number of nitrogens with zero attached hydrogens (tertiary/aromatic N) is 4. The van der Waals surface area contributed by atoms with E-state index >= 15 is 0 Å². The fourth-order valence-electron chi connectivity index (χ4n) is 2.59. The first-order valence-corrected chi connectivity index (χ1v) is 9.16. The molecule has 0 spiro atoms. The van der Waals surface area contributed by atoms with Gasteiger partial charge in [-0.2, -0.15) is 33.3 Å². The molecule has 2 aromatic heterocycles. The molecule has 0 saturated carbocycles. The van der Waals surface area contributed by atoms with Crippen molar-refractivity contribution in [1.29, 1.82) is 0 Å². The van der Waals surface area contributed by atoms with Gasteiger partial charge in [0.25, 0.3) is 0 Å². The second-order valence-corrected chi connectivity index (χ2v) is 6.69. The molecule has 0 aliphatic heterocycles. The van der Waals surface area contributed by atoms with Gasteiger partial charge in [-0.05, 0) is 31.2 Å². The van der Waals surface area contributed by atoms with Crippen LogP contribution in [-0.4, -0.2) is 37.9 Å². The molecule has 0 saturated heterocycles. The van der Waals surface area contributed by atoms with Crippen molar-refractivity contribution in [2.45, 2.75) is 26.1 Å². The van der Waals surface area contributed by atoms with E-state index in [1.54, 1.807) is 0 Å². The molecule has 9 nitrogen and oxygen atoms in total. The van der Waals surface area contributed by atoms with Gasteiger partial charge in [0, 0.05) is 24.1 Å². The zero-order valence-electron chi connectivity index (χ0n) is 16.8. The monoisotopic (exact) mass is 446 g/mol. The molecule has 32 heavy (non-hydrogen) atoms. The zero-order chi connectivity index (χ0) is 23.5. The number of carbonyl (C=O) groups is 2. The number of anilines is 1. The third-order valence-corrected chi connectivity index (χ3v) is 4.26. The summed E-state index contributed by atoms with van der Waals surface area (Å²) in [7, 11) is 0. The van der Waals surface area contributed by atoms with Crippen LogP contribution in [0.5, 0.6) is 11.8 Å². The molecule has 1 atom stereocenters. The number of nitrogens with one attached hydrogen (secondary N) is 1. The SMILES string of the molecule is CC(=O)c1cc(N[C@@H](C)C(N)=O)nc(Oc2ccc(C(F)(F)F)cc2-c2ccnnc2)n1. The number of alkyl halides is 3. The number of halogens is 3. The van der Waals surface area contributed by atoms with E-state index in [1.807, 2.05) is 0 Å².